The highest BCUT2D eigenvalue weighted by molar-refractivity contribution is 9.10. The zero-order valence-electron chi connectivity index (χ0n) is 8.94. The standard InChI is InChI=1S/C12H12BrN3/c1-2-10-7-11(14)16-12(15-10)8-3-5-9(13)6-4-8/h3-7H,2H2,1H3,(H2,14,15,16). The molecule has 1 aromatic heterocycles. The van der Waals surface area contributed by atoms with E-state index in [2.05, 4.69) is 25.9 Å². The smallest absolute Gasteiger partial charge is 0.161 e. The van der Waals surface area contributed by atoms with Crippen LogP contribution < -0.4 is 5.73 Å². The Balaban J connectivity index is 2.47. The molecule has 1 heterocycles. The number of halogens is 1. The second-order valence-corrected chi connectivity index (χ2v) is 4.38. The lowest BCUT2D eigenvalue weighted by atomic mass is 10.2. The third kappa shape index (κ3) is 2.39. The maximum atomic E-state index is 5.74. The van der Waals surface area contributed by atoms with Crippen LogP contribution in [0.25, 0.3) is 11.4 Å². The van der Waals surface area contributed by atoms with Crippen LogP contribution >= 0.6 is 15.9 Å². The van der Waals surface area contributed by atoms with Gasteiger partial charge in [0.1, 0.15) is 5.82 Å². The summed E-state index contributed by atoms with van der Waals surface area (Å²) in [7, 11) is 0. The van der Waals surface area contributed by atoms with Gasteiger partial charge >= 0.3 is 0 Å². The van der Waals surface area contributed by atoms with Gasteiger partial charge in [-0.15, -0.1) is 0 Å². The molecule has 82 valence electrons. The number of aromatic nitrogens is 2. The van der Waals surface area contributed by atoms with E-state index >= 15 is 0 Å². The SMILES string of the molecule is CCc1cc(N)nc(-c2ccc(Br)cc2)n1. The first-order chi connectivity index (χ1) is 7.69. The molecule has 0 saturated heterocycles. The number of hydrogen-bond donors (Lipinski definition) is 1. The van der Waals surface area contributed by atoms with Gasteiger partial charge in [-0.1, -0.05) is 35.0 Å². The summed E-state index contributed by atoms with van der Waals surface area (Å²) in [5.41, 5.74) is 7.68. The van der Waals surface area contributed by atoms with Crippen LogP contribution in [0.4, 0.5) is 5.82 Å². The second kappa shape index (κ2) is 4.61. The average molecular weight is 278 g/mol. The van der Waals surface area contributed by atoms with Gasteiger partial charge in [-0.3, -0.25) is 0 Å². The maximum Gasteiger partial charge on any atom is 0.161 e. The van der Waals surface area contributed by atoms with Crippen molar-refractivity contribution in [1.29, 1.82) is 0 Å². The Labute approximate surface area is 103 Å². The Kier molecular flexibility index (Phi) is 3.19. The highest BCUT2D eigenvalue weighted by Gasteiger charge is 2.04. The van der Waals surface area contributed by atoms with E-state index in [0.717, 1.165) is 22.2 Å². The highest BCUT2D eigenvalue weighted by atomic mass is 79.9. The van der Waals surface area contributed by atoms with Gasteiger partial charge in [0.05, 0.1) is 0 Å². The van der Waals surface area contributed by atoms with Crippen molar-refractivity contribution < 1.29 is 0 Å². The Hall–Kier alpha value is -1.42. The van der Waals surface area contributed by atoms with E-state index in [-0.39, 0.29) is 0 Å². The van der Waals surface area contributed by atoms with Crippen LogP contribution in [-0.4, -0.2) is 9.97 Å². The number of nitrogens with zero attached hydrogens (tertiary/aromatic N) is 2. The molecule has 2 aromatic rings. The highest BCUT2D eigenvalue weighted by Crippen LogP contribution is 2.19. The molecule has 0 aliphatic heterocycles. The summed E-state index contributed by atoms with van der Waals surface area (Å²) in [6.45, 7) is 2.05. The zero-order valence-corrected chi connectivity index (χ0v) is 10.5. The Bertz CT molecular complexity index is 494. The monoisotopic (exact) mass is 277 g/mol. The molecule has 2 N–H and O–H groups in total. The number of rotatable bonds is 2. The van der Waals surface area contributed by atoms with E-state index in [1.54, 1.807) is 0 Å². The van der Waals surface area contributed by atoms with Crippen LogP contribution in [0.1, 0.15) is 12.6 Å². The van der Waals surface area contributed by atoms with Crippen molar-refractivity contribution in [3.63, 3.8) is 0 Å². The fourth-order valence-corrected chi connectivity index (χ4v) is 1.69. The minimum Gasteiger partial charge on any atom is -0.384 e. The molecule has 0 radical (unpaired) electrons. The van der Waals surface area contributed by atoms with E-state index in [1.165, 1.54) is 0 Å². The van der Waals surface area contributed by atoms with Crippen LogP contribution in [0.2, 0.25) is 0 Å². The lowest BCUT2D eigenvalue weighted by Gasteiger charge is -2.04. The number of benzene rings is 1. The number of nitrogens with two attached hydrogens (primary N) is 1. The van der Waals surface area contributed by atoms with Gasteiger partial charge in [-0.25, -0.2) is 9.97 Å². The first-order valence-corrected chi connectivity index (χ1v) is 5.87. The summed E-state index contributed by atoms with van der Waals surface area (Å²) in [5.74, 6) is 1.20. The van der Waals surface area contributed by atoms with Crippen LogP contribution in [0, 0.1) is 0 Å². The number of aryl methyl sites for hydroxylation is 1. The molecular formula is C12H12BrN3. The molecule has 0 aliphatic carbocycles. The number of nitrogen functional groups attached to an aromatic ring is 1. The van der Waals surface area contributed by atoms with E-state index in [0.29, 0.717) is 11.6 Å². The van der Waals surface area contributed by atoms with Crippen molar-refractivity contribution in [3.05, 3.63) is 40.5 Å². The molecule has 0 aliphatic rings. The lowest BCUT2D eigenvalue weighted by molar-refractivity contribution is 1.01. The molecule has 0 spiro atoms. The third-order valence-electron chi connectivity index (χ3n) is 2.26. The summed E-state index contributed by atoms with van der Waals surface area (Å²) >= 11 is 3.40. The van der Waals surface area contributed by atoms with Crippen molar-refractivity contribution in [1.82, 2.24) is 9.97 Å². The van der Waals surface area contributed by atoms with Gasteiger partial charge < -0.3 is 5.73 Å². The van der Waals surface area contributed by atoms with Gasteiger partial charge in [0, 0.05) is 21.8 Å². The molecule has 0 unspecified atom stereocenters. The summed E-state index contributed by atoms with van der Waals surface area (Å²) < 4.78 is 1.04. The van der Waals surface area contributed by atoms with E-state index in [1.807, 2.05) is 37.3 Å². The van der Waals surface area contributed by atoms with Gasteiger partial charge in [0.2, 0.25) is 0 Å². The first-order valence-electron chi connectivity index (χ1n) is 5.08. The minimum absolute atomic E-state index is 0.518. The maximum absolute atomic E-state index is 5.74. The molecule has 0 amide bonds. The van der Waals surface area contributed by atoms with Gasteiger partial charge in [-0.05, 0) is 18.6 Å². The molecule has 4 heteroatoms. The zero-order chi connectivity index (χ0) is 11.5. The molecule has 3 nitrogen and oxygen atoms in total. The summed E-state index contributed by atoms with van der Waals surface area (Å²) in [6, 6.07) is 9.68. The minimum atomic E-state index is 0.518. The van der Waals surface area contributed by atoms with Crippen LogP contribution in [0.5, 0.6) is 0 Å². The quantitative estimate of drug-likeness (QED) is 0.918. The van der Waals surface area contributed by atoms with E-state index in [4.69, 9.17) is 5.73 Å². The van der Waals surface area contributed by atoms with Gasteiger partial charge in [0.15, 0.2) is 5.82 Å². The largest absolute Gasteiger partial charge is 0.384 e. The number of anilines is 1. The Morgan fingerprint density at radius 1 is 1.19 bits per heavy atom. The molecule has 16 heavy (non-hydrogen) atoms. The van der Waals surface area contributed by atoms with E-state index < -0.39 is 0 Å². The first kappa shape index (κ1) is 11.1. The summed E-state index contributed by atoms with van der Waals surface area (Å²) in [5, 5.41) is 0. The lowest BCUT2D eigenvalue weighted by Crippen LogP contribution is -1.99. The van der Waals surface area contributed by atoms with Crippen molar-refractivity contribution in [2.24, 2.45) is 0 Å². The topological polar surface area (TPSA) is 51.8 Å². The van der Waals surface area contributed by atoms with E-state index in [9.17, 15) is 0 Å². The molecule has 1 aromatic carbocycles. The van der Waals surface area contributed by atoms with Gasteiger partial charge in [-0.2, -0.15) is 0 Å². The van der Waals surface area contributed by atoms with Crippen molar-refractivity contribution >= 4 is 21.7 Å². The van der Waals surface area contributed by atoms with Crippen molar-refractivity contribution in [2.45, 2.75) is 13.3 Å². The Morgan fingerprint density at radius 2 is 1.88 bits per heavy atom. The van der Waals surface area contributed by atoms with Gasteiger partial charge in [0.25, 0.3) is 0 Å². The molecule has 0 fully saturated rings. The Morgan fingerprint density at radius 3 is 2.50 bits per heavy atom. The fourth-order valence-electron chi connectivity index (χ4n) is 1.43. The van der Waals surface area contributed by atoms with Crippen LogP contribution in [0.15, 0.2) is 34.8 Å². The van der Waals surface area contributed by atoms with Crippen LogP contribution in [0.3, 0.4) is 0 Å². The normalized spacial score (nSPS) is 10.4. The van der Waals surface area contributed by atoms with Crippen molar-refractivity contribution in [3.8, 4) is 11.4 Å². The van der Waals surface area contributed by atoms with Crippen molar-refractivity contribution in [2.75, 3.05) is 5.73 Å². The average Bonchev–Trinajstić information content (AvgIpc) is 2.29. The molecular weight excluding hydrogens is 266 g/mol. The predicted molar refractivity (Wildman–Crippen MR) is 69.0 cm³/mol. The summed E-state index contributed by atoms with van der Waals surface area (Å²) in [6.07, 6.45) is 0.857. The second-order valence-electron chi connectivity index (χ2n) is 3.47. The third-order valence-corrected chi connectivity index (χ3v) is 2.79. The molecule has 0 saturated carbocycles. The fraction of sp³-hybridized carbons (Fsp3) is 0.167. The molecule has 0 atom stereocenters. The predicted octanol–water partition coefficient (Wildman–Crippen LogP) is 3.05. The molecule has 0 bridgehead atoms. The number of hydrogen-bond acceptors (Lipinski definition) is 3. The molecule has 2 rings (SSSR count). The van der Waals surface area contributed by atoms with Crippen LogP contribution in [-0.2, 0) is 6.42 Å². The summed E-state index contributed by atoms with van der Waals surface area (Å²) in [4.78, 5) is 8.68.